The zero-order chi connectivity index (χ0) is 20.1. The van der Waals surface area contributed by atoms with Crippen molar-refractivity contribution in [3.63, 3.8) is 0 Å². The smallest absolute Gasteiger partial charge is 0.221 e. The number of pyridine rings is 1. The first-order chi connectivity index (χ1) is 13.5. The van der Waals surface area contributed by atoms with E-state index in [4.69, 9.17) is 10.5 Å². The first-order valence-corrected chi connectivity index (χ1v) is 8.98. The Kier molecular flexibility index (Phi) is 5.79. The first-order valence-electron chi connectivity index (χ1n) is 8.98. The fourth-order valence-electron chi connectivity index (χ4n) is 2.99. The third kappa shape index (κ3) is 4.59. The number of methoxy groups -OCH3 is 1. The third-order valence-electron chi connectivity index (χ3n) is 4.33. The van der Waals surface area contributed by atoms with Gasteiger partial charge in [0.05, 0.1) is 12.8 Å². The van der Waals surface area contributed by atoms with Gasteiger partial charge in [-0.05, 0) is 54.4 Å². The molecule has 2 aromatic carbocycles. The van der Waals surface area contributed by atoms with Crippen LogP contribution in [0.3, 0.4) is 0 Å². The standard InChI is InChI=1S/C22H24N4O2/c1-14-7-9-20(22(23)25-14)24-13-18-11-17(8-10-21(18)28-3)16-5-4-6-19(12-16)26-15(2)27/h4-12,24H,13H2,1-3H3,(H2,23,25)(H,26,27). The lowest BCUT2D eigenvalue weighted by molar-refractivity contribution is -0.114. The Labute approximate surface area is 164 Å². The fourth-order valence-corrected chi connectivity index (χ4v) is 2.99. The van der Waals surface area contributed by atoms with Gasteiger partial charge in [-0.15, -0.1) is 0 Å². The van der Waals surface area contributed by atoms with E-state index in [1.54, 1.807) is 7.11 Å². The van der Waals surface area contributed by atoms with Gasteiger partial charge in [-0.2, -0.15) is 0 Å². The molecule has 0 saturated heterocycles. The summed E-state index contributed by atoms with van der Waals surface area (Å²) in [4.78, 5) is 15.6. The molecule has 0 unspecified atom stereocenters. The molecule has 3 aromatic rings. The van der Waals surface area contributed by atoms with Crippen molar-refractivity contribution in [2.24, 2.45) is 0 Å². The highest BCUT2D eigenvalue weighted by Gasteiger charge is 2.08. The lowest BCUT2D eigenvalue weighted by atomic mass is 10.0. The number of nitrogen functional groups attached to an aromatic ring is 1. The molecular formula is C22H24N4O2. The van der Waals surface area contributed by atoms with Gasteiger partial charge in [0.25, 0.3) is 0 Å². The average Bonchev–Trinajstić information content (AvgIpc) is 2.67. The largest absolute Gasteiger partial charge is 0.496 e. The lowest BCUT2D eigenvalue weighted by Crippen LogP contribution is -2.06. The van der Waals surface area contributed by atoms with Crippen LogP contribution in [0.4, 0.5) is 17.2 Å². The molecule has 0 spiro atoms. The Bertz CT molecular complexity index is 1000. The van der Waals surface area contributed by atoms with Crippen LogP contribution in [0.15, 0.2) is 54.6 Å². The summed E-state index contributed by atoms with van der Waals surface area (Å²) in [6, 6.07) is 17.6. The monoisotopic (exact) mass is 376 g/mol. The highest BCUT2D eigenvalue weighted by atomic mass is 16.5. The van der Waals surface area contributed by atoms with Crippen LogP contribution >= 0.6 is 0 Å². The number of hydrogen-bond donors (Lipinski definition) is 3. The number of aryl methyl sites for hydroxylation is 1. The SMILES string of the molecule is COc1ccc(-c2cccc(NC(C)=O)c2)cc1CNc1ccc(C)nc1N. The number of carbonyl (C=O) groups is 1. The lowest BCUT2D eigenvalue weighted by Gasteiger charge is -2.14. The number of amides is 1. The van der Waals surface area contributed by atoms with Gasteiger partial charge in [-0.25, -0.2) is 4.98 Å². The van der Waals surface area contributed by atoms with Crippen LogP contribution < -0.4 is 21.1 Å². The third-order valence-corrected chi connectivity index (χ3v) is 4.33. The molecule has 0 aliphatic rings. The predicted molar refractivity (Wildman–Crippen MR) is 113 cm³/mol. The van der Waals surface area contributed by atoms with Gasteiger partial charge < -0.3 is 21.1 Å². The van der Waals surface area contributed by atoms with Gasteiger partial charge in [0, 0.05) is 30.4 Å². The normalized spacial score (nSPS) is 10.4. The topological polar surface area (TPSA) is 89.3 Å². The summed E-state index contributed by atoms with van der Waals surface area (Å²) in [5.41, 5.74) is 11.4. The molecule has 6 heteroatoms. The molecule has 4 N–H and O–H groups in total. The van der Waals surface area contributed by atoms with Crippen LogP contribution in [0.1, 0.15) is 18.2 Å². The fraction of sp³-hybridized carbons (Fsp3) is 0.182. The van der Waals surface area contributed by atoms with E-state index in [0.717, 1.165) is 39.5 Å². The molecule has 6 nitrogen and oxygen atoms in total. The zero-order valence-electron chi connectivity index (χ0n) is 16.2. The first kappa shape index (κ1) is 19.2. The molecule has 28 heavy (non-hydrogen) atoms. The van der Waals surface area contributed by atoms with Crippen molar-refractivity contribution in [1.82, 2.24) is 4.98 Å². The Hall–Kier alpha value is -3.54. The van der Waals surface area contributed by atoms with Crippen LogP contribution in [0.5, 0.6) is 5.75 Å². The minimum atomic E-state index is -0.0962. The number of nitrogens with zero attached hydrogens (tertiary/aromatic N) is 1. The van der Waals surface area contributed by atoms with Crippen LogP contribution in [0.2, 0.25) is 0 Å². The molecule has 0 radical (unpaired) electrons. The number of nitrogens with one attached hydrogen (secondary N) is 2. The van der Waals surface area contributed by atoms with E-state index in [-0.39, 0.29) is 5.91 Å². The Morgan fingerprint density at radius 1 is 1.11 bits per heavy atom. The second-order valence-corrected chi connectivity index (χ2v) is 6.53. The van der Waals surface area contributed by atoms with E-state index >= 15 is 0 Å². The number of rotatable bonds is 6. The molecule has 0 saturated carbocycles. The minimum absolute atomic E-state index is 0.0962. The summed E-state index contributed by atoms with van der Waals surface area (Å²) >= 11 is 0. The number of ether oxygens (including phenoxy) is 1. The van der Waals surface area contributed by atoms with E-state index in [1.165, 1.54) is 6.92 Å². The second kappa shape index (κ2) is 8.43. The maximum absolute atomic E-state index is 11.3. The average molecular weight is 376 g/mol. The van der Waals surface area contributed by atoms with Crippen molar-refractivity contribution >= 4 is 23.1 Å². The van der Waals surface area contributed by atoms with Crippen molar-refractivity contribution in [2.75, 3.05) is 23.5 Å². The summed E-state index contributed by atoms with van der Waals surface area (Å²) in [5, 5.41) is 6.14. The molecule has 0 aliphatic carbocycles. The predicted octanol–water partition coefficient (Wildman–Crippen LogP) is 4.22. The number of hydrogen-bond acceptors (Lipinski definition) is 5. The van der Waals surface area contributed by atoms with Gasteiger partial charge in [0.15, 0.2) is 0 Å². The van der Waals surface area contributed by atoms with Crippen molar-refractivity contribution in [1.29, 1.82) is 0 Å². The summed E-state index contributed by atoms with van der Waals surface area (Å²) in [5.74, 6) is 1.16. The molecule has 0 bridgehead atoms. The van der Waals surface area contributed by atoms with E-state index < -0.39 is 0 Å². The summed E-state index contributed by atoms with van der Waals surface area (Å²) in [6.07, 6.45) is 0. The van der Waals surface area contributed by atoms with E-state index in [9.17, 15) is 4.79 Å². The van der Waals surface area contributed by atoms with Crippen LogP contribution in [-0.2, 0) is 11.3 Å². The van der Waals surface area contributed by atoms with Crippen molar-refractivity contribution in [2.45, 2.75) is 20.4 Å². The number of nitrogens with two attached hydrogens (primary N) is 1. The van der Waals surface area contributed by atoms with Gasteiger partial charge in [-0.3, -0.25) is 4.79 Å². The zero-order valence-corrected chi connectivity index (χ0v) is 16.2. The summed E-state index contributed by atoms with van der Waals surface area (Å²) < 4.78 is 5.51. The van der Waals surface area contributed by atoms with E-state index in [0.29, 0.717) is 12.4 Å². The highest BCUT2D eigenvalue weighted by molar-refractivity contribution is 5.89. The number of benzene rings is 2. The quantitative estimate of drug-likeness (QED) is 0.599. The van der Waals surface area contributed by atoms with Gasteiger partial charge in [-0.1, -0.05) is 18.2 Å². The van der Waals surface area contributed by atoms with Crippen LogP contribution in [0, 0.1) is 6.92 Å². The van der Waals surface area contributed by atoms with Crippen LogP contribution in [-0.4, -0.2) is 18.0 Å². The Morgan fingerprint density at radius 3 is 2.61 bits per heavy atom. The highest BCUT2D eigenvalue weighted by Crippen LogP contribution is 2.29. The van der Waals surface area contributed by atoms with Gasteiger partial charge in [0.1, 0.15) is 11.6 Å². The van der Waals surface area contributed by atoms with Gasteiger partial charge in [0.2, 0.25) is 5.91 Å². The molecule has 1 amide bonds. The Morgan fingerprint density at radius 2 is 1.89 bits per heavy atom. The number of anilines is 3. The summed E-state index contributed by atoms with van der Waals surface area (Å²) in [7, 11) is 1.65. The number of aromatic nitrogens is 1. The molecule has 1 aromatic heterocycles. The maximum Gasteiger partial charge on any atom is 0.221 e. The molecule has 0 aliphatic heterocycles. The number of carbonyl (C=O) groups excluding carboxylic acids is 1. The summed E-state index contributed by atoms with van der Waals surface area (Å²) in [6.45, 7) is 3.94. The maximum atomic E-state index is 11.3. The molecule has 0 atom stereocenters. The molecular weight excluding hydrogens is 352 g/mol. The Balaban J connectivity index is 1.86. The molecule has 144 valence electrons. The minimum Gasteiger partial charge on any atom is -0.496 e. The van der Waals surface area contributed by atoms with Gasteiger partial charge >= 0.3 is 0 Å². The van der Waals surface area contributed by atoms with E-state index in [1.807, 2.05) is 55.5 Å². The van der Waals surface area contributed by atoms with Crippen molar-refractivity contribution in [3.8, 4) is 16.9 Å². The van der Waals surface area contributed by atoms with Crippen molar-refractivity contribution < 1.29 is 9.53 Å². The molecule has 0 fully saturated rings. The molecule has 1 heterocycles. The van der Waals surface area contributed by atoms with Crippen molar-refractivity contribution in [3.05, 3.63) is 65.9 Å². The molecule has 3 rings (SSSR count). The second-order valence-electron chi connectivity index (χ2n) is 6.53. The van der Waals surface area contributed by atoms with E-state index in [2.05, 4.69) is 21.7 Å². The van der Waals surface area contributed by atoms with Crippen LogP contribution in [0.25, 0.3) is 11.1 Å².